The number of nitrogens with zero attached hydrogens (tertiary/aromatic N) is 1. The van der Waals surface area contributed by atoms with Crippen molar-refractivity contribution in [1.82, 2.24) is 10.2 Å². The Hall–Kier alpha value is -3.45. The van der Waals surface area contributed by atoms with Crippen molar-refractivity contribution < 1.29 is 22.8 Å². The number of halogens is 3. The zero-order valence-corrected chi connectivity index (χ0v) is 21.3. The molecule has 0 bridgehead atoms. The molecule has 0 aromatic heterocycles. The Kier molecular flexibility index (Phi) is 9.34. The summed E-state index contributed by atoms with van der Waals surface area (Å²) in [7, 11) is 0. The highest BCUT2D eigenvalue weighted by Crippen LogP contribution is 2.29. The number of hydrogen-bond donors (Lipinski definition) is 1. The number of benzene rings is 3. The van der Waals surface area contributed by atoms with E-state index in [1.165, 1.54) is 5.56 Å². The summed E-state index contributed by atoms with van der Waals surface area (Å²) in [6.45, 7) is 1.56. The van der Waals surface area contributed by atoms with Gasteiger partial charge in [0.05, 0.1) is 0 Å². The number of rotatable bonds is 10. The van der Waals surface area contributed by atoms with Crippen LogP contribution in [0.3, 0.4) is 0 Å². The minimum absolute atomic E-state index is 0.0627. The van der Waals surface area contributed by atoms with Crippen molar-refractivity contribution in [2.75, 3.05) is 26.2 Å². The third kappa shape index (κ3) is 7.32. The van der Waals surface area contributed by atoms with E-state index < -0.39 is 12.1 Å². The lowest BCUT2D eigenvalue weighted by Crippen LogP contribution is -2.42. The molecule has 38 heavy (non-hydrogen) atoms. The number of carbonyl (C=O) groups is 2. The summed E-state index contributed by atoms with van der Waals surface area (Å²) >= 11 is 0. The minimum atomic E-state index is -4.97. The standard InChI is InChI=1S/C31H33F3N2O2/c32-31(33,34)30(38)36(21-17-28(24-8-3-1-4-9-24)25-10-5-2-6-11-25)20-7-12-29(37)27-14-13-23-15-18-35-19-16-26(23)22-27/h1-6,8-11,13-14,22,28,35H,7,12,15-21H2. The summed E-state index contributed by atoms with van der Waals surface area (Å²) in [6, 6.07) is 24.8. The molecule has 7 heteroatoms. The summed E-state index contributed by atoms with van der Waals surface area (Å²) in [5.74, 6) is -2.13. The number of fused-ring (bicyclic) bond motifs is 1. The van der Waals surface area contributed by atoms with Crippen LogP contribution in [0.4, 0.5) is 13.2 Å². The lowest BCUT2D eigenvalue weighted by Gasteiger charge is -2.27. The minimum Gasteiger partial charge on any atom is -0.335 e. The number of ketones is 1. The molecule has 0 radical (unpaired) electrons. The molecule has 1 amide bonds. The average molecular weight is 523 g/mol. The van der Waals surface area contributed by atoms with Gasteiger partial charge in [-0.3, -0.25) is 9.59 Å². The van der Waals surface area contributed by atoms with Crippen LogP contribution in [0.1, 0.15) is 57.8 Å². The number of nitrogens with one attached hydrogen (secondary N) is 1. The highest BCUT2D eigenvalue weighted by molar-refractivity contribution is 5.96. The average Bonchev–Trinajstić information content (AvgIpc) is 3.17. The van der Waals surface area contributed by atoms with Crippen LogP contribution in [0.25, 0.3) is 0 Å². The van der Waals surface area contributed by atoms with E-state index in [-0.39, 0.29) is 37.6 Å². The summed E-state index contributed by atoms with van der Waals surface area (Å²) in [5.41, 5.74) is 4.90. The van der Waals surface area contributed by atoms with Crippen molar-refractivity contribution in [1.29, 1.82) is 0 Å². The maximum absolute atomic E-state index is 13.5. The van der Waals surface area contributed by atoms with Crippen molar-refractivity contribution in [2.45, 2.75) is 44.2 Å². The first-order chi connectivity index (χ1) is 18.3. The van der Waals surface area contributed by atoms with Gasteiger partial charge >= 0.3 is 12.1 Å². The Balaban J connectivity index is 1.42. The molecule has 0 saturated carbocycles. The van der Waals surface area contributed by atoms with E-state index in [1.54, 1.807) is 6.07 Å². The van der Waals surface area contributed by atoms with Crippen molar-refractivity contribution in [3.63, 3.8) is 0 Å². The fourth-order valence-electron chi connectivity index (χ4n) is 5.10. The molecule has 3 aromatic rings. The van der Waals surface area contributed by atoms with Crippen molar-refractivity contribution >= 4 is 11.7 Å². The predicted molar refractivity (Wildman–Crippen MR) is 142 cm³/mol. The topological polar surface area (TPSA) is 49.4 Å². The monoisotopic (exact) mass is 522 g/mol. The van der Waals surface area contributed by atoms with E-state index in [9.17, 15) is 22.8 Å². The van der Waals surface area contributed by atoms with Crippen LogP contribution in [0.15, 0.2) is 78.9 Å². The van der Waals surface area contributed by atoms with Crippen LogP contribution in [0.5, 0.6) is 0 Å². The Morgan fingerprint density at radius 3 is 2.03 bits per heavy atom. The van der Waals surface area contributed by atoms with Gasteiger partial charge in [0.15, 0.2) is 5.78 Å². The van der Waals surface area contributed by atoms with Crippen LogP contribution in [-0.2, 0) is 17.6 Å². The largest absolute Gasteiger partial charge is 0.471 e. The molecule has 4 rings (SSSR count). The van der Waals surface area contributed by atoms with Gasteiger partial charge in [0.1, 0.15) is 0 Å². The maximum atomic E-state index is 13.5. The van der Waals surface area contributed by atoms with Crippen LogP contribution in [0.2, 0.25) is 0 Å². The molecule has 1 aliphatic rings. The third-order valence-corrected chi connectivity index (χ3v) is 7.12. The van der Waals surface area contributed by atoms with Crippen LogP contribution < -0.4 is 5.32 Å². The first-order valence-corrected chi connectivity index (χ1v) is 13.1. The number of hydrogen-bond acceptors (Lipinski definition) is 3. The molecule has 200 valence electrons. The quantitative estimate of drug-likeness (QED) is 0.335. The molecular weight excluding hydrogens is 489 g/mol. The fraction of sp³-hybridized carbons (Fsp3) is 0.355. The zero-order valence-electron chi connectivity index (χ0n) is 21.3. The van der Waals surface area contributed by atoms with Gasteiger partial charge in [0, 0.05) is 31.0 Å². The van der Waals surface area contributed by atoms with Crippen LogP contribution in [-0.4, -0.2) is 48.9 Å². The van der Waals surface area contributed by atoms with Gasteiger partial charge in [0.2, 0.25) is 0 Å². The van der Waals surface area contributed by atoms with Crippen molar-refractivity contribution in [3.8, 4) is 0 Å². The molecule has 0 saturated heterocycles. The van der Waals surface area contributed by atoms with E-state index in [2.05, 4.69) is 5.32 Å². The molecule has 0 unspecified atom stereocenters. The normalized spacial score (nSPS) is 13.6. The number of carbonyl (C=O) groups excluding carboxylic acids is 2. The van der Waals surface area contributed by atoms with Gasteiger partial charge in [-0.15, -0.1) is 0 Å². The van der Waals surface area contributed by atoms with Crippen LogP contribution in [0, 0.1) is 0 Å². The van der Waals surface area contributed by atoms with E-state index in [4.69, 9.17) is 0 Å². The van der Waals surface area contributed by atoms with E-state index in [0.29, 0.717) is 12.0 Å². The van der Waals surface area contributed by atoms with E-state index in [1.807, 2.05) is 72.8 Å². The highest BCUT2D eigenvalue weighted by atomic mass is 19.4. The fourth-order valence-corrected chi connectivity index (χ4v) is 5.10. The van der Waals surface area contributed by atoms with Gasteiger partial charge < -0.3 is 10.2 Å². The summed E-state index contributed by atoms with van der Waals surface area (Å²) in [6.07, 6.45) is -2.63. The molecule has 1 heterocycles. The Bertz CT molecular complexity index is 1170. The lowest BCUT2D eigenvalue weighted by molar-refractivity contribution is -0.185. The molecule has 3 aromatic carbocycles. The van der Waals surface area contributed by atoms with Gasteiger partial charge in [-0.2, -0.15) is 13.2 Å². The first kappa shape index (κ1) is 27.6. The van der Waals surface area contributed by atoms with E-state index in [0.717, 1.165) is 47.5 Å². The maximum Gasteiger partial charge on any atom is 0.471 e. The van der Waals surface area contributed by atoms with Crippen LogP contribution >= 0.6 is 0 Å². The van der Waals surface area contributed by atoms with Gasteiger partial charge in [-0.25, -0.2) is 0 Å². The molecule has 1 N–H and O–H groups in total. The van der Waals surface area contributed by atoms with Crippen molar-refractivity contribution in [2.24, 2.45) is 0 Å². The van der Waals surface area contributed by atoms with Gasteiger partial charge in [0.25, 0.3) is 0 Å². The second-order valence-corrected chi connectivity index (χ2v) is 9.71. The predicted octanol–water partition coefficient (Wildman–Crippen LogP) is 5.95. The molecule has 0 fully saturated rings. The third-order valence-electron chi connectivity index (χ3n) is 7.12. The molecule has 0 atom stereocenters. The van der Waals surface area contributed by atoms with Gasteiger partial charge in [-0.1, -0.05) is 72.8 Å². The Labute approximate surface area is 221 Å². The Morgan fingerprint density at radius 1 is 0.816 bits per heavy atom. The molecule has 4 nitrogen and oxygen atoms in total. The second kappa shape index (κ2) is 12.9. The second-order valence-electron chi connectivity index (χ2n) is 9.71. The summed E-state index contributed by atoms with van der Waals surface area (Å²) in [4.78, 5) is 26.0. The number of amides is 1. The first-order valence-electron chi connectivity index (χ1n) is 13.1. The van der Waals surface area contributed by atoms with Gasteiger partial charge in [-0.05, 0) is 67.1 Å². The van der Waals surface area contributed by atoms with E-state index >= 15 is 0 Å². The molecule has 0 aliphatic carbocycles. The summed E-state index contributed by atoms with van der Waals surface area (Å²) < 4.78 is 40.4. The lowest BCUT2D eigenvalue weighted by atomic mass is 9.88. The summed E-state index contributed by atoms with van der Waals surface area (Å²) in [5, 5.41) is 3.34. The smallest absolute Gasteiger partial charge is 0.335 e. The Morgan fingerprint density at radius 2 is 1.42 bits per heavy atom. The zero-order chi connectivity index (χ0) is 27.0. The van der Waals surface area contributed by atoms with Crippen molar-refractivity contribution in [3.05, 3.63) is 107 Å². The molecular formula is C31H33F3N2O2. The number of Topliss-reactive ketones (excluding diaryl/α,β-unsaturated/α-hetero) is 1. The molecule has 1 aliphatic heterocycles. The highest BCUT2D eigenvalue weighted by Gasteiger charge is 2.42. The molecule has 0 spiro atoms. The SMILES string of the molecule is O=C(CCCN(CCC(c1ccccc1)c1ccccc1)C(=O)C(F)(F)F)c1ccc2c(c1)CCNCC2. The number of alkyl halides is 3.